The highest BCUT2D eigenvalue weighted by Gasteiger charge is 2.34. The Balaban J connectivity index is 1.83. The number of oxazole rings is 1. The van der Waals surface area contributed by atoms with Crippen molar-refractivity contribution in [2.45, 2.75) is 32.1 Å². The van der Waals surface area contributed by atoms with Gasteiger partial charge in [-0.3, -0.25) is 9.29 Å². The van der Waals surface area contributed by atoms with Crippen LogP contribution in [0.2, 0.25) is 0 Å². The Bertz CT molecular complexity index is 1420. The molecule has 0 radical (unpaired) electrons. The second-order valence-electron chi connectivity index (χ2n) is 7.69. The maximum atomic E-state index is 13.3. The summed E-state index contributed by atoms with van der Waals surface area (Å²) < 4.78 is 52.2. The molecule has 3 heterocycles. The average Bonchev–Trinajstić information content (AvgIpc) is 3.57. The Morgan fingerprint density at radius 1 is 1.09 bits per heavy atom. The standard InChI is InChI=1S/C22H25N5O7S/c1-12-9-10-18(34-12)21-24-25-22(27(21)19-16(31-4)7-6-8-17(19)32-5)26-35(29,30)13(2)20(28)15-11-33-14(3)23-15/h6-11,13,20,28H,1-5H3,(H,25,26)/t13-,20-/m1/s1. The van der Waals surface area contributed by atoms with Gasteiger partial charge in [0.05, 0.1) is 14.2 Å². The molecule has 4 aromatic rings. The summed E-state index contributed by atoms with van der Waals surface area (Å²) in [5.74, 6) is 2.08. The molecule has 186 valence electrons. The van der Waals surface area contributed by atoms with Crippen LogP contribution in [0, 0.1) is 13.8 Å². The summed E-state index contributed by atoms with van der Waals surface area (Å²) in [4.78, 5) is 4.02. The predicted octanol–water partition coefficient (Wildman–Crippen LogP) is 3.01. The highest BCUT2D eigenvalue weighted by atomic mass is 32.2. The van der Waals surface area contributed by atoms with Crippen LogP contribution in [0.1, 0.15) is 30.4 Å². The van der Waals surface area contributed by atoms with Gasteiger partial charge in [-0.05, 0) is 38.1 Å². The first-order valence-electron chi connectivity index (χ1n) is 10.5. The van der Waals surface area contributed by atoms with Crippen LogP contribution in [-0.4, -0.2) is 52.7 Å². The number of ether oxygens (including phenoxy) is 2. The monoisotopic (exact) mass is 503 g/mol. The maximum Gasteiger partial charge on any atom is 0.243 e. The number of rotatable bonds is 9. The van der Waals surface area contributed by atoms with Crippen LogP contribution in [0.4, 0.5) is 5.95 Å². The van der Waals surface area contributed by atoms with E-state index in [4.69, 9.17) is 18.3 Å². The number of anilines is 1. The second-order valence-corrected chi connectivity index (χ2v) is 9.73. The van der Waals surface area contributed by atoms with E-state index in [9.17, 15) is 13.5 Å². The van der Waals surface area contributed by atoms with Crippen LogP contribution in [0.3, 0.4) is 0 Å². The number of aliphatic hydroxyl groups excluding tert-OH is 1. The molecule has 0 unspecified atom stereocenters. The minimum Gasteiger partial charge on any atom is -0.494 e. The molecule has 0 aliphatic heterocycles. The number of aryl methyl sites for hydroxylation is 2. The zero-order valence-corrected chi connectivity index (χ0v) is 20.5. The Morgan fingerprint density at radius 2 is 1.77 bits per heavy atom. The van der Waals surface area contributed by atoms with Crippen LogP contribution in [0.15, 0.2) is 45.4 Å². The van der Waals surface area contributed by atoms with E-state index in [1.54, 1.807) is 44.2 Å². The molecule has 0 amide bonds. The third kappa shape index (κ3) is 4.59. The van der Waals surface area contributed by atoms with Crippen LogP contribution >= 0.6 is 0 Å². The first-order chi connectivity index (χ1) is 16.7. The molecule has 0 bridgehead atoms. The number of nitrogens with one attached hydrogen (secondary N) is 1. The zero-order valence-electron chi connectivity index (χ0n) is 19.7. The van der Waals surface area contributed by atoms with E-state index >= 15 is 0 Å². The lowest BCUT2D eigenvalue weighted by Crippen LogP contribution is -2.32. The molecule has 13 heteroatoms. The first-order valence-corrected chi connectivity index (χ1v) is 12.1. The van der Waals surface area contributed by atoms with Gasteiger partial charge in [0.1, 0.15) is 46.3 Å². The molecular weight excluding hydrogens is 478 g/mol. The molecular formula is C22H25N5O7S. The van der Waals surface area contributed by atoms with Gasteiger partial charge in [0.2, 0.25) is 21.8 Å². The molecule has 0 aliphatic rings. The van der Waals surface area contributed by atoms with Gasteiger partial charge in [0, 0.05) is 6.92 Å². The third-order valence-corrected chi connectivity index (χ3v) is 7.06. The lowest BCUT2D eigenvalue weighted by molar-refractivity contribution is 0.171. The number of nitrogens with zero attached hydrogens (tertiary/aromatic N) is 4. The second kappa shape index (κ2) is 9.43. The quantitative estimate of drug-likeness (QED) is 0.348. The normalized spacial score (nSPS) is 13.4. The minimum absolute atomic E-state index is 0.0972. The molecule has 2 N–H and O–H groups in total. The molecule has 0 spiro atoms. The van der Waals surface area contributed by atoms with E-state index in [1.165, 1.54) is 32.0 Å². The number of methoxy groups -OCH3 is 2. The summed E-state index contributed by atoms with van der Waals surface area (Å²) in [5.41, 5.74) is 0.449. The molecule has 2 atom stereocenters. The molecule has 0 aliphatic carbocycles. The third-order valence-electron chi connectivity index (χ3n) is 5.36. The lowest BCUT2D eigenvalue weighted by Gasteiger charge is -2.20. The number of hydrogen-bond donors (Lipinski definition) is 2. The van der Waals surface area contributed by atoms with Crippen molar-refractivity contribution in [3.63, 3.8) is 0 Å². The van der Waals surface area contributed by atoms with Gasteiger partial charge < -0.3 is 23.4 Å². The van der Waals surface area contributed by atoms with E-state index in [0.29, 0.717) is 34.6 Å². The molecule has 3 aromatic heterocycles. The van der Waals surface area contributed by atoms with Crippen LogP contribution < -0.4 is 14.2 Å². The SMILES string of the molecule is COc1cccc(OC)c1-n1c(NS(=O)(=O)[C@H](C)[C@@H](O)c2coc(C)n2)nnc1-c1ccc(C)o1. The molecule has 0 saturated carbocycles. The fourth-order valence-electron chi connectivity index (χ4n) is 3.47. The molecule has 4 rings (SSSR count). The number of para-hydroxylation sites is 1. The Kier molecular flexibility index (Phi) is 6.54. The fourth-order valence-corrected chi connectivity index (χ4v) is 4.53. The molecule has 1 aromatic carbocycles. The Morgan fingerprint density at radius 3 is 2.31 bits per heavy atom. The smallest absolute Gasteiger partial charge is 0.243 e. The van der Waals surface area contributed by atoms with Crippen molar-refractivity contribution < 1.29 is 31.8 Å². The van der Waals surface area contributed by atoms with E-state index in [-0.39, 0.29) is 17.5 Å². The average molecular weight is 504 g/mol. The molecule has 12 nitrogen and oxygen atoms in total. The van der Waals surface area contributed by atoms with E-state index < -0.39 is 21.4 Å². The fraction of sp³-hybridized carbons (Fsp3) is 0.318. The van der Waals surface area contributed by atoms with Gasteiger partial charge in [-0.15, -0.1) is 10.2 Å². The number of aliphatic hydroxyl groups is 1. The lowest BCUT2D eigenvalue weighted by atomic mass is 10.2. The minimum atomic E-state index is -4.20. The molecule has 0 fully saturated rings. The maximum absolute atomic E-state index is 13.3. The predicted molar refractivity (Wildman–Crippen MR) is 125 cm³/mol. The number of aromatic nitrogens is 4. The van der Waals surface area contributed by atoms with Crippen molar-refractivity contribution in [1.29, 1.82) is 0 Å². The number of hydrogen-bond acceptors (Lipinski definition) is 10. The van der Waals surface area contributed by atoms with Crippen molar-refractivity contribution in [1.82, 2.24) is 19.7 Å². The summed E-state index contributed by atoms with van der Waals surface area (Å²) in [6.45, 7) is 4.71. The van der Waals surface area contributed by atoms with Crippen molar-refractivity contribution in [3.05, 3.63) is 53.9 Å². The van der Waals surface area contributed by atoms with Crippen LogP contribution in [0.5, 0.6) is 11.5 Å². The van der Waals surface area contributed by atoms with Crippen LogP contribution in [-0.2, 0) is 10.0 Å². The summed E-state index contributed by atoms with van der Waals surface area (Å²) in [5, 5.41) is 17.5. The van der Waals surface area contributed by atoms with Gasteiger partial charge in [0.15, 0.2) is 11.7 Å². The van der Waals surface area contributed by atoms with Gasteiger partial charge in [-0.25, -0.2) is 13.4 Å². The number of furan rings is 1. The summed E-state index contributed by atoms with van der Waals surface area (Å²) >= 11 is 0. The molecule has 35 heavy (non-hydrogen) atoms. The van der Waals surface area contributed by atoms with Gasteiger partial charge in [-0.1, -0.05) is 6.07 Å². The highest BCUT2D eigenvalue weighted by molar-refractivity contribution is 7.93. The van der Waals surface area contributed by atoms with Crippen molar-refractivity contribution in [2.24, 2.45) is 0 Å². The zero-order chi connectivity index (χ0) is 25.3. The number of benzene rings is 1. The first kappa shape index (κ1) is 24.3. The Labute approximate surface area is 201 Å². The van der Waals surface area contributed by atoms with E-state index in [2.05, 4.69) is 19.9 Å². The van der Waals surface area contributed by atoms with Crippen LogP contribution in [0.25, 0.3) is 17.3 Å². The van der Waals surface area contributed by atoms with Crippen molar-refractivity contribution in [3.8, 4) is 28.8 Å². The summed E-state index contributed by atoms with van der Waals surface area (Å²) in [6, 6.07) is 8.54. The molecule has 0 saturated heterocycles. The summed E-state index contributed by atoms with van der Waals surface area (Å²) in [7, 11) is -1.25. The van der Waals surface area contributed by atoms with E-state index in [0.717, 1.165) is 0 Å². The van der Waals surface area contributed by atoms with E-state index in [1.807, 2.05) is 0 Å². The van der Waals surface area contributed by atoms with Gasteiger partial charge >= 0.3 is 0 Å². The highest BCUT2D eigenvalue weighted by Crippen LogP contribution is 2.38. The Hall–Kier alpha value is -3.84. The largest absolute Gasteiger partial charge is 0.494 e. The number of sulfonamides is 1. The topological polar surface area (TPSA) is 155 Å². The van der Waals surface area contributed by atoms with Gasteiger partial charge in [-0.2, -0.15) is 0 Å². The van der Waals surface area contributed by atoms with Gasteiger partial charge in [0.25, 0.3) is 0 Å². The van der Waals surface area contributed by atoms with Crippen molar-refractivity contribution in [2.75, 3.05) is 18.9 Å². The summed E-state index contributed by atoms with van der Waals surface area (Å²) in [6.07, 6.45) is -0.236. The van der Waals surface area contributed by atoms with Crippen molar-refractivity contribution >= 4 is 16.0 Å².